The minimum absolute atomic E-state index is 0.00917. The first-order chi connectivity index (χ1) is 7.58. The van der Waals surface area contributed by atoms with Crippen LogP contribution in [0, 0.1) is 5.41 Å². The van der Waals surface area contributed by atoms with Crippen molar-refractivity contribution in [1.29, 1.82) is 5.41 Å². The summed E-state index contributed by atoms with van der Waals surface area (Å²) in [4.78, 5) is 2.04. The van der Waals surface area contributed by atoms with Crippen molar-refractivity contribution in [2.75, 3.05) is 18.0 Å². The van der Waals surface area contributed by atoms with E-state index < -0.39 is 0 Å². The van der Waals surface area contributed by atoms with Crippen molar-refractivity contribution >= 4 is 23.1 Å². The molecule has 86 valence electrons. The molecule has 1 unspecified atom stereocenters. The topological polar surface area (TPSA) is 73.3 Å². The van der Waals surface area contributed by atoms with Crippen LogP contribution in [0.4, 0.5) is 5.69 Å². The summed E-state index contributed by atoms with van der Waals surface area (Å²) in [7, 11) is 0. The lowest BCUT2D eigenvalue weighted by Gasteiger charge is -2.19. The summed E-state index contributed by atoms with van der Waals surface area (Å²) < 4.78 is 0. The number of hydrogen-bond donors (Lipinski definition) is 3. The molecule has 1 saturated heterocycles. The lowest BCUT2D eigenvalue weighted by atomic mass is 10.2. The maximum atomic E-state index is 9.46. The zero-order valence-electron chi connectivity index (χ0n) is 8.78. The number of nitrogens with zero attached hydrogens (tertiary/aromatic N) is 1. The SMILES string of the molecule is N=C(N)c1ccc(N2CCC(O)C2)c(Cl)c1. The number of nitrogens with one attached hydrogen (secondary N) is 1. The van der Waals surface area contributed by atoms with Gasteiger partial charge in [-0.3, -0.25) is 5.41 Å². The molecule has 16 heavy (non-hydrogen) atoms. The Hall–Kier alpha value is -1.26. The Bertz CT molecular complexity index is 422. The highest BCUT2D eigenvalue weighted by Gasteiger charge is 2.22. The van der Waals surface area contributed by atoms with Gasteiger partial charge in [0.1, 0.15) is 5.84 Å². The molecule has 1 aliphatic heterocycles. The number of rotatable bonds is 2. The Balaban J connectivity index is 2.26. The zero-order chi connectivity index (χ0) is 11.7. The van der Waals surface area contributed by atoms with E-state index in [1.165, 1.54) is 0 Å². The summed E-state index contributed by atoms with van der Waals surface area (Å²) in [6, 6.07) is 5.30. The third-order valence-corrected chi connectivity index (χ3v) is 3.07. The van der Waals surface area contributed by atoms with Crippen molar-refractivity contribution in [2.45, 2.75) is 12.5 Å². The number of aliphatic hydroxyl groups excluding tert-OH is 1. The van der Waals surface area contributed by atoms with Crippen LogP contribution in [-0.4, -0.2) is 30.1 Å². The second-order valence-electron chi connectivity index (χ2n) is 3.97. The van der Waals surface area contributed by atoms with Gasteiger partial charge < -0.3 is 15.7 Å². The Morgan fingerprint density at radius 2 is 2.31 bits per heavy atom. The van der Waals surface area contributed by atoms with Gasteiger partial charge in [-0.15, -0.1) is 0 Å². The highest BCUT2D eigenvalue weighted by Crippen LogP contribution is 2.29. The van der Waals surface area contributed by atoms with Crippen LogP contribution >= 0.6 is 11.6 Å². The summed E-state index contributed by atoms with van der Waals surface area (Å²) in [5.41, 5.74) is 6.89. The van der Waals surface area contributed by atoms with Crippen LogP contribution in [-0.2, 0) is 0 Å². The van der Waals surface area contributed by atoms with Gasteiger partial charge in [-0.1, -0.05) is 11.6 Å². The molecule has 0 aliphatic carbocycles. The molecular weight excluding hydrogens is 226 g/mol. The normalized spacial score (nSPS) is 20.1. The molecular formula is C11H14ClN3O. The number of hydrogen-bond acceptors (Lipinski definition) is 3. The van der Waals surface area contributed by atoms with E-state index in [0.29, 0.717) is 17.1 Å². The van der Waals surface area contributed by atoms with Crippen LogP contribution in [0.3, 0.4) is 0 Å². The average Bonchev–Trinajstić information content (AvgIpc) is 2.64. The van der Waals surface area contributed by atoms with Crippen molar-refractivity contribution in [3.63, 3.8) is 0 Å². The van der Waals surface area contributed by atoms with Gasteiger partial charge in [0.15, 0.2) is 0 Å². The summed E-state index contributed by atoms with van der Waals surface area (Å²) in [6.07, 6.45) is 0.494. The molecule has 0 radical (unpaired) electrons. The van der Waals surface area contributed by atoms with Crippen LogP contribution < -0.4 is 10.6 Å². The Labute approximate surface area is 99.1 Å². The van der Waals surface area contributed by atoms with Gasteiger partial charge in [0.05, 0.1) is 16.8 Å². The monoisotopic (exact) mass is 239 g/mol. The van der Waals surface area contributed by atoms with E-state index in [1.54, 1.807) is 12.1 Å². The number of aliphatic hydroxyl groups is 1. The van der Waals surface area contributed by atoms with E-state index in [0.717, 1.165) is 18.7 Å². The Morgan fingerprint density at radius 3 is 2.81 bits per heavy atom. The highest BCUT2D eigenvalue weighted by molar-refractivity contribution is 6.33. The largest absolute Gasteiger partial charge is 0.391 e. The van der Waals surface area contributed by atoms with Crippen molar-refractivity contribution in [2.24, 2.45) is 5.73 Å². The predicted octanol–water partition coefficient (Wildman–Crippen LogP) is 1.20. The van der Waals surface area contributed by atoms with Crippen molar-refractivity contribution in [3.05, 3.63) is 28.8 Å². The molecule has 5 heteroatoms. The van der Waals surface area contributed by atoms with E-state index in [1.807, 2.05) is 11.0 Å². The molecule has 1 aliphatic rings. The fourth-order valence-corrected chi connectivity index (χ4v) is 2.19. The first kappa shape index (κ1) is 11.2. The molecule has 0 saturated carbocycles. The maximum Gasteiger partial charge on any atom is 0.122 e. The predicted molar refractivity (Wildman–Crippen MR) is 65.3 cm³/mol. The second kappa shape index (κ2) is 4.31. The molecule has 1 heterocycles. The van der Waals surface area contributed by atoms with Crippen LogP contribution in [0.1, 0.15) is 12.0 Å². The molecule has 4 nitrogen and oxygen atoms in total. The second-order valence-corrected chi connectivity index (χ2v) is 4.38. The number of amidine groups is 1. The number of nitrogen functional groups attached to an aromatic ring is 1. The van der Waals surface area contributed by atoms with E-state index in [-0.39, 0.29) is 11.9 Å². The number of β-amino-alcohol motifs (C(OH)–C–C–N with tert-alkyl or cyclic N) is 1. The fourth-order valence-electron chi connectivity index (χ4n) is 1.89. The fraction of sp³-hybridized carbons (Fsp3) is 0.364. The molecule has 0 spiro atoms. The molecule has 2 rings (SSSR count). The Morgan fingerprint density at radius 1 is 1.56 bits per heavy atom. The minimum Gasteiger partial charge on any atom is -0.391 e. The summed E-state index contributed by atoms with van der Waals surface area (Å²) in [5, 5.41) is 17.3. The number of halogens is 1. The van der Waals surface area contributed by atoms with Gasteiger partial charge in [0, 0.05) is 18.7 Å². The summed E-state index contributed by atoms with van der Waals surface area (Å²) in [5.74, 6) is 0.00917. The van der Waals surface area contributed by atoms with E-state index >= 15 is 0 Å². The van der Waals surface area contributed by atoms with Gasteiger partial charge >= 0.3 is 0 Å². The molecule has 1 atom stereocenters. The molecule has 0 amide bonds. The van der Waals surface area contributed by atoms with Crippen LogP contribution in [0.25, 0.3) is 0 Å². The van der Waals surface area contributed by atoms with Gasteiger partial charge in [0.25, 0.3) is 0 Å². The number of anilines is 1. The van der Waals surface area contributed by atoms with Crippen molar-refractivity contribution in [3.8, 4) is 0 Å². The zero-order valence-corrected chi connectivity index (χ0v) is 9.54. The third kappa shape index (κ3) is 2.13. The Kier molecular flexibility index (Phi) is 3.03. The molecule has 1 fully saturated rings. The molecule has 1 aromatic carbocycles. The van der Waals surface area contributed by atoms with Crippen molar-refractivity contribution < 1.29 is 5.11 Å². The van der Waals surface area contributed by atoms with E-state index in [2.05, 4.69) is 0 Å². The third-order valence-electron chi connectivity index (χ3n) is 2.76. The quantitative estimate of drug-likeness (QED) is 0.536. The van der Waals surface area contributed by atoms with Gasteiger partial charge in [0.2, 0.25) is 0 Å². The number of nitrogens with two attached hydrogens (primary N) is 1. The minimum atomic E-state index is -0.274. The summed E-state index contributed by atoms with van der Waals surface area (Å²) in [6.45, 7) is 1.42. The summed E-state index contributed by atoms with van der Waals surface area (Å²) >= 11 is 6.13. The van der Waals surface area contributed by atoms with Gasteiger partial charge in [-0.25, -0.2) is 0 Å². The van der Waals surface area contributed by atoms with Crippen LogP contribution in [0.2, 0.25) is 5.02 Å². The van der Waals surface area contributed by atoms with Crippen LogP contribution in [0.5, 0.6) is 0 Å². The molecule has 4 N–H and O–H groups in total. The lowest BCUT2D eigenvalue weighted by molar-refractivity contribution is 0.198. The number of benzene rings is 1. The molecule has 0 bridgehead atoms. The first-order valence-corrected chi connectivity index (χ1v) is 5.52. The maximum absolute atomic E-state index is 9.46. The first-order valence-electron chi connectivity index (χ1n) is 5.15. The molecule has 0 aromatic heterocycles. The smallest absolute Gasteiger partial charge is 0.122 e. The highest BCUT2D eigenvalue weighted by atomic mass is 35.5. The van der Waals surface area contributed by atoms with Crippen molar-refractivity contribution in [1.82, 2.24) is 0 Å². The molecule has 1 aromatic rings. The van der Waals surface area contributed by atoms with E-state index in [4.69, 9.17) is 22.7 Å². The van der Waals surface area contributed by atoms with Gasteiger partial charge in [-0.05, 0) is 24.6 Å². The van der Waals surface area contributed by atoms with Crippen LogP contribution in [0.15, 0.2) is 18.2 Å². The van der Waals surface area contributed by atoms with E-state index in [9.17, 15) is 5.11 Å². The average molecular weight is 240 g/mol. The lowest BCUT2D eigenvalue weighted by Crippen LogP contribution is -2.21. The van der Waals surface area contributed by atoms with Gasteiger partial charge in [-0.2, -0.15) is 0 Å². The standard InChI is InChI=1S/C11H14ClN3O/c12-9-5-7(11(13)14)1-2-10(9)15-4-3-8(16)6-15/h1-2,5,8,16H,3-4,6H2,(H3,13,14).